The Morgan fingerprint density at radius 3 is 2.78 bits per heavy atom. The van der Waals surface area contributed by atoms with E-state index in [-0.39, 0.29) is 24.0 Å². The van der Waals surface area contributed by atoms with Gasteiger partial charge in [-0.2, -0.15) is 0 Å². The van der Waals surface area contributed by atoms with E-state index in [0.717, 1.165) is 38.1 Å². The number of hydrogen-bond donors (Lipinski definition) is 3. The summed E-state index contributed by atoms with van der Waals surface area (Å²) in [4.78, 5) is 11.9. The Morgan fingerprint density at radius 2 is 2.17 bits per heavy atom. The zero-order valence-corrected chi connectivity index (χ0v) is 14.4. The van der Waals surface area contributed by atoms with Gasteiger partial charge in [0.15, 0.2) is 0 Å². The van der Waals surface area contributed by atoms with Gasteiger partial charge in [-0.05, 0) is 44.0 Å². The van der Waals surface area contributed by atoms with Gasteiger partial charge in [-0.25, -0.2) is 12.8 Å². The fourth-order valence-corrected chi connectivity index (χ4v) is 2.97. The summed E-state index contributed by atoms with van der Waals surface area (Å²) in [5, 5.41) is 5.96. The second kappa shape index (κ2) is 8.47. The average molecular weight is 366 g/mol. The van der Waals surface area contributed by atoms with E-state index in [2.05, 4.69) is 15.4 Å². The van der Waals surface area contributed by atoms with Crippen molar-refractivity contribution in [3.63, 3.8) is 0 Å². The molecule has 2 rings (SSSR count). The molecule has 1 fully saturated rings. The second-order valence-electron chi connectivity index (χ2n) is 5.45. The minimum atomic E-state index is -3.58. The predicted molar refractivity (Wildman–Crippen MR) is 91.0 cm³/mol. The maximum atomic E-state index is 13.5. The number of carbonyl (C=O) groups excluding carboxylic acids is 1. The van der Waals surface area contributed by atoms with E-state index >= 15 is 0 Å². The topological polar surface area (TPSA) is 87.3 Å². The molecule has 3 N–H and O–H groups in total. The van der Waals surface area contributed by atoms with Crippen LogP contribution in [0.2, 0.25) is 0 Å². The lowest BCUT2D eigenvalue weighted by Gasteiger charge is -2.11. The summed E-state index contributed by atoms with van der Waals surface area (Å²) in [5.41, 5.74) is 0.176. The number of anilines is 2. The van der Waals surface area contributed by atoms with E-state index in [9.17, 15) is 17.6 Å². The number of amides is 1. The lowest BCUT2D eigenvalue weighted by atomic mass is 10.1. The maximum Gasteiger partial charge on any atom is 0.229 e. The quantitative estimate of drug-likeness (QED) is 0.720. The summed E-state index contributed by atoms with van der Waals surface area (Å²) >= 11 is 0. The monoisotopic (exact) mass is 365 g/mol. The number of benzene rings is 1. The summed E-state index contributed by atoms with van der Waals surface area (Å²) in [6.07, 6.45) is 4.26. The molecule has 0 aliphatic carbocycles. The van der Waals surface area contributed by atoms with Crippen LogP contribution in [0.1, 0.15) is 25.7 Å². The van der Waals surface area contributed by atoms with Crippen LogP contribution in [-0.4, -0.2) is 33.2 Å². The van der Waals surface area contributed by atoms with Crippen molar-refractivity contribution in [2.24, 2.45) is 0 Å². The molecular formula is C14H21ClFN3O3S. The minimum absolute atomic E-state index is 0. The molecule has 1 aromatic carbocycles. The van der Waals surface area contributed by atoms with Gasteiger partial charge in [-0.15, -0.1) is 12.4 Å². The highest BCUT2D eigenvalue weighted by molar-refractivity contribution is 7.92. The number of sulfonamides is 1. The third kappa shape index (κ3) is 6.72. The Bertz CT molecular complexity index is 649. The molecule has 1 atom stereocenters. The van der Waals surface area contributed by atoms with E-state index < -0.39 is 15.8 Å². The van der Waals surface area contributed by atoms with E-state index in [0.29, 0.717) is 18.2 Å². The summed E-state index contributed by atoms with van der Waals surface area (Å²) < 4.78 is 37.9. The van der Waals surface area contributed by atoms with Crippen LogP contribution in [0.5, 0.6) is 0 Å². The molecular weight excluding hydrogens is 345 g/mol. The van der Waals surface area contributed by atoms with Gasteiger partial charge in [-0.1, -0.05) is 0 Å². The first-order chi connectivity index (χ1) is 10.3. The Kier molecular flexibility index (Phi) is 7.24. The molecule has 1 saturated heterocycles. The van der Waals surface area contributed by atoms with Gasteiger partial charge in [0.2, 0.25) is 15.9 Å². The van der Waals surface area contributed by atoms with Crippen molar-refractivity contribution in [3.8, 4) is 0 Å². The normalized spacial score (nSPS) is 17.4. The van der Waals surface area contributed by atoms with Crippen LogP contribution in [0.4, 0.5) is 15.8 Å². The molecule has 0 saturated carbocycles. The smallest absolute Gasteiger partial charge is 0.229 e. The van der Waals surface area contributed by atoms with Crippen molar-refractivity contribution in [2.75, 3.05) is 22.8 Å². The van der Waals surface area contributed by atoms with Gasteiger partial charge in [-0.3, -0.25) is 9.52 Å². The second-order valence-corrected chi connectivity index (χ2v) is 7.20. The first-order valence-corrected chi connectivity index (χ1v) is 9.03. The van der Waals surface area contributed by atoms with Crippen LogP contribution in [0.15, 0.2) is 18.2 Å². The first kappa shape index (κ1) is 19.7. The maximum absolute atomic E-state index is 13.5. The first-order valence-electron chi connectivity index (χ1n) is 7.14. The van der Waals surface area contributed by atoms with Crippen molar-refractivity contribution in [2.45, 2.75) is 31.7 Å². The van der Waals surface area contributed by atoms with E-state index in [1.54, 1.807) is 0 Å². The van der Waals surface area contributed by atoms with Crippen LogP contribution in [0.25, 0.3) is 0 Å². The predicted octanol–water partition coefficient (Wildman–Crippen LogP) is 2.09. The molecule has 1 amide bonds. The Morgan fingerprint density at radius 1 is 1.43 bits per heavy atom. The molecule has 1 aliphatic rings. The lowest BCUT2D eigenvalue weighted by Crippen LogP contribution is -2.23. The molecule has 1 aliphatic heterocycles. The molecule has 6 nitrogen and oxygen atoms in total. The number of hydrogen-bond acceptors (Lipinski definition) is 4. The summed E-state index contributed by atoms with van der Waals surface area (Å²) in [5.74, 6) is -0.871. The zero-order valence-electron chi connectivity index (χ0n) is 12.8. The number of carbonyl (C=O) groups is 1. The minimum Gasteiger partial charge on any atom is -0.326 e. The molecule has 1 heterocycles. The fourth-order valence-electron chi connectivity index (χ4n) is 2.41. The fraction of sp³-hybridized carbons (Fsp3) is 0.500. The summed E-state index contributed by atoms with van der Waals surface area (Å²) in [6, 6.07) is 4.15. The summed E-state index contributed by atoms with van der Waals surface area (Å²) in [7, 11) is -3.58. The highest BCUT2D eigenvalue weighted by atomic mass is 35.5. The van der Waals surface area contributed by atoms with Gasteiger partial charge in [0.05, 0.1) is 11.9 Å². The molecule has 0 aromatic heterocycles. The van der Waals surface area contributed by atoms with Crippen molar-refractivity contribution in [1.29, 1.82) is 0 Å². The Balaban J connectivity index is 0.00000264. The van der Waals surface area contributed by atoms with E-state index in [1.807, 2.05) is 0 Å². The lowest BCUT2D eigenvalue weighted by molar-refractivity contribution is -0.116. The molecule has 9 heteroatoms. The molecule has 0 radical (unpaired) electrons. The zero-order chi connectivity index (χ0) is 16.2. The standard InChI is InChI=1S/C14H20FN3O3S.ClH/c1-22(20,21)18-13-9-11(4-6-12(13)15)17-14(19)7-5-10-3-2-8-16-10;/h4,6,9-10,16,18H,2-3,5,7-8H2,1H3,(H,17,19);1H. The van der Waals surface area contributed by atoms with Crippen LogP contribution < -0.4 is 15.4 Å². The highest BCUT2D eigenvalue weighted by Crippen LogP contribution is 2.21. The number of rotatable bonds is 6. The highest BCUT2D eigenvalue weighted by Gasteiger charge is 2.15. The van der Waals surface area contributed by atoms with Crippen LogP contribution in [0, 0.1) is 5.82 Å². The largest absolute Gasteiger partial charge is 0.326 e. The van der Waals surface area contributed by atoms with E-state index in [1.165, 1.54) is 12.1 Å². The van der Waals surface area contributed by atoms with Crippen LogP contribution >= 0.6 is 12.4 Å². The van der Waals surface area contributed by atoms with Crippen LogP contribution in [-0.2, 0) is 14.8 Å². The van der Waals surface area contributed by atoms with Gasteiger partial charge >= 0.3 is 0 Å². The Hall–Kier alpha value is -1.38. The van der Waals surface area contributed by atoms with Gasteiger partial charge < -0.3 is 10.6 Å². The molecule has 130 valence electrons. The molecule has 1 unspecified atom stereocenters. The molecule has 23 heavy (non-hydrogen) atoms. The molecule has 1 aromatic rings. The van der Waals surface area contributed by atoms with Crippen molar-refractivity contribution >= 4 is 39.7 Å². The van der Waals surface area contributed by atoms with Crippen molar-refractivity contribution in [1.82, 2.24) is 5.32 Å². The molecule has 0 spiro atoms. The Labute approximate surface area is 141 Å². The van der Waals surface area contributed by atoms with Crippen LogP contribution in [0.3, 0.4) is 0 Å². The average Bonchev–Trinajstić information content (AvgIpc) is 2.92. The SMILES string of the molecule is CS(=O)(=O)Nc1cc(NC(=O)CCC2CCCN2)ccc1F.Cl. The number of halogens is 2. The number of nitrogens with one attached hydrogen (secondary N) is 3. The van der Waals surface area contributed by atoms with Crippen molar-refractivity contribution in [3.05, 3.63) is 24.0 Å². The third-order valence-corrected chi connectivity index (χ3v) is 4.02. The third-order valence-electron chi connectivity index (χ3n) is 3.43. The van der Waals surface area contributed by atoms with E-state index in [4.69, 9.17) is 0 Å². The molecule has 0 bridgehead atoms. The summed E-state index contributed by atoms with van der Waals surface area (Å²) in [6.45, 7) is 0.991. The van der Waals surface area contributed by atoms with Crippen molar-refractivity contribution < 1.29 is 17.6 Å². The van der Waals surface area contributed by atoms with Gasteiger partial charge in [0.1, 0.15) is 5.82 Å². The van der Waals surface area contributed by atoms with Gasteiger partial charge in [0.25, 0.3) is 0 Å². The van der Waals surface area contributed by atoms with Gasteiger partial charge in [0, 0.05) is 18.2 Å².